The highest BCUT2D eigenvalue weighted by atomic mass is 32.2. The highest BCUT2D eigenvalue weighted by Crippen LogP contribution is 2.19. The second kappa shape index (κ2) is 7.76. The van der Waals surface area contributed by atoms with Crippen molar-refractivity contribution in [3.05, 3.63) is 30.2 Å². The maximum Gasteiger partial charge on any atom is 0.281 e. The van der Waals surface area contributed by atoms with Crippen LogP contribution in [0.5, 0.6) is 0 Å². The molecule has 1 amide bonds. The summed E-state index contributed by atoms with van der Waals surface area (Å²) >= 11 is 0. The van der Waals surface area contributed by atoms with Crippen LogP contribution in [0.3, 0.4) is 0 Å². The lowest BCUT2D eigenvalue weighted by Crippen LogP contribution is -2.45. The van der Waals surface area contributed by atoms with Crippen LogP contribution in [0.25, 0.3) is 6.08 Å². The predicted molar refractivity (Wildman–Crippen MR) is 87.7 cm³/mol. The summed E-state index contributed by atoms with van der Waals surface area (Å²) in [5.74, 6) is 0.747. The van der Waals surface area contributed by atoms with Crippen molar-refractivity contribution in [3.8, 4) is 0 Å². The first-order valence-corrected chi connectivity index (χ1v) is 8.96. The third-order valence-electron chi connectivity index (χ3n) is 3.87. The summed E-state index contributed by atoms with van der Waals surface area (Å²) in [5.41, 5.74) is 0. The number of amides is 1. The average Bonchev–Trinajstić information content (AvgIpc) is 3.04. The van der Waals surface area contributed by atoms with Gasteiger partial charge >= 0.3 is 0 Å². The number of hydrogen-bond donors (Lipinski definition) is 1. The highest BCUT2D eigenvalue weighted by Gasteiger charge is 2.29. The number of furan rings is 1. The lowest BCUT2D eigenvalue weighted by molar-refractivity contribution is -0.116. The van der Waals surface area contributed by atoms with Gasteiger partial charge in [0.05, 0.1) is 6.26 Å². The monoisotopic (exact) mass is 341 g/mol. The van der Waals surface area contributed by atoms with Gasteiger partial charge in [-0.3, -0.25) is 4.79 Å². The second-order valence-electron chi connectivity index (χ2n) is 5.73. The summed E-state index contributed by atoms with van der Waals surface area (Å²) in [5, 5.41) is 2.85. The van der Waals surface area contributed by atoms with E-state index >= 15 is 0 Å². The van der Waals surface area contributed by atoms with Gasteiger partial charge < -0.3 is 9.73 Å². The SMILES string of the molecule is CN(C)S(=O)(=O)N1CCC(CNC(=O)/C=C/c2ccco2)CC1. The van der Waals surface area contributed by atoms with Crippen LogP contribution in [-0.4, -0.2) is 56.7 Å². The van der Waals surface area contributed by atoms with E-state index in [1.807, 2.05) is 0 Å². The third kappa shape index (κ3) is 4.92. The molecule has 0 aromatic carbocycles. The van der Waals surface area contributed by atoms with Crippen LogP contribution >= 0.6 is 0 Å². The van der Waals surface area contributed by atoms with E-state index in [9.17, 15) is 13.2 Å². The van der Waals surface area contributed by atoms with Gasteiger partial charge in [0.25, 0.3) is 10.2 Å². The fourth-order valence-electron chi connectivity index (χ4n) is 2.42. The Hall–Kier alpha value is -1.64. The first-order valence-electron chi connectivity index (χ1n) is 7.56. The Morgan fingerprint density at radius 2 is 2.13 bits per heavy atom. The summed E-state index contributed by atoms with van der Waals surface area (Å²) in [6, 6.07) is 3.53. The van der Waals surface area contributed by atoms with Crippen LogP contribution in [0.1, 0.15) is 18.6 Å². The van der Waals surface area contributed by atoms with E-state index in [4.69, 9.17) is 4.42 Å². The van der Waals surface area contributed by atoms with Gasteiger partial charge in [0.1, 0.15) is 5.76 Å². The van der Waals surface area contributed by atoms with Gasteiger partial charge in [-0.1, -0.05) is 0 Å². The van der Waals surface area contributed by atoms with Crippen molar-refractivity contribution < 1.29 is 17.6 Å². The van der Waals surface area contributed by atoms with Crippen molar-refractivity contribution in [2.45, 2.75) is 12.8 Å². The topological polar surface area (TPSA) is 82.9 Å². The quantitative estimate of drug-likeness (QED) is 0.780. The Bertz CT molecular complexity index is 630. The Labute approximate surface area is 137 Å². The molecule has 2 rings (SSSR count). The molecule has 7 nitrogen and oxygen atoms in total. The largest absolute Gasteiger partial charge is 0.465 e. The molecular formula is C15H23N3O4S. The Morgan fingerprint density at radius 3 is 2.70 bits per heavy atom. The first-order chi connectivity index (χ1) is 10.9. The zero-order valence-corrected chi connectivity index (χ0v) is 14.3. The van der Waals surface area contributed by atoms with Gasteiger partial charge in [-0.05, 0) is 37.0 Å². The number of nitrogens with one attached hydrogen (secondary N) is 1. The molecular weight excluding hydrogens is 318 g/mol. The van der Waals surface area contributed by atoms with Crippen molar-refractivity contribution in [1.82, 2.24) is 13.9 Å². The van der Waals surface area contributed by atoms with E-state index in [0.29, 0.717) is 31.3 Å². The third-order valence-corrected chi connectivity index (χ3v) is 5.81. The molecule has 128 valence electrons. The van der Waals surface area contributed by atoms with Gasteiger partial charge in [-0.15, -0.1) is 0 Å². The minimum atomic E-state index is -3.33. The minimum Gasteiger partial charge on any atom is -0.465 e. The van der Waals surface area contributed by atoms with Gasteiger partial charge in [-0.25, -0.2) is 0 Å². The molecule has 0 bridgehead atoms. The molecule has 0 radical (unpaired) electrons. The molecule has 1 aromatic rings. The summed E-state index contributed by atoms with van der Waals surface area (Å²) < 4.78 is 31.9. The van der Waals surface area contributed by atoms with Crippen molar-refractivity contribution in [1.29, 1.82) is 0 Å². The van der Waals surface area contributed by atoms with Gasteiger partial charge in [0.15, 0.2) is 0 Å². The average molecular weight is 341 g/mol. The van der Waals surface area contributed by atoms with Crippen molar-refractivity contribution in [2.75, 3.05) is 33.7 Å². The van der Waals surface area contributed by atoms with E-state index in [1.54, 1.807) is 24.5 Å². The van der Waals surface area contributed by atoms with E-state index in [-0.39, 0.29) is 5.91 Å². The van der Waals surface area contributed by atoms with Crippen LogP contribution in [-0.2, 0) is 15.0 Å². The molecule has 0 unspecified atom stereocenters. The van der Waals surface area contributed by atoms with Crippen molar-refractivity contribution >= 4 is 22.2 Å². The highest BCUT2D eigenvalue weighted by molar-refractivity contribution is 7.86. The van der Waals surface area contributed by atoms with E-state index in [2.05, 4.69) is 5.32 Å². The molecule has 1 fully saturated rings. The molecule has 8 heteroatoms. The van der Waals surface area contributed by atoms with Gasteiger partial charge in [0.2, 0.25) is 5.91 Å². The molecule has 1 aliphatic rings. The normalized spacial score (nSPS) is 17.9. The fourth-order valence-corrected chi connectivity index (χ4v) is 3.56. The first kappa shape index (κ1) is 17.7. The molecule has 0 atom stereocenters. The lowest BCUT2D eigenvalue weighted by atomic mass is 9.98. The molecule has 0 saturated carbocycles. The minimum absolute atomic E-state index is 0.176. The van der Waals surface area contributed by atoms with Gasteiger partial charge in [-0.2, -0.15) is 17.0 Å². The fraction of sp³-hybridized carbons (Fsp3) is 0.533. The van der Waals surface area contributed by atoms with E-state index in [1.165, 1.54) is 28.8 Å². The van der Waals surface area contributed by atoms with Crippen LogP contribution < -0.4 is 5.32 Å². The molecule has 1 aromatic heterocycles. The molecule has 0 spiro atoms. The summed E-state index contributed by atoms with van der Waals surface area (Å²) in [6.45, 7) is 1.53. The summed E-state index contributed by atoms with van der Waals surface area (Å²) in [7, 11) is -0.261. The van der Waals surface area contributed by atoms with Crippen molar-refractivity contribution in [3.63, 3.8) is 0 Å². The van der Waals surface area contributed by atoms with E-state index < -0.39 is 10.2 Å². The van der Waals surface area contributed by atoms with Crippen LogP contribution in [0.2, 0.25) is 0 Å². The molecule has 0 aliphatic carbocycles. The smallest absolute Gasteiger partial charge is 0.281 e. The van der Waals surface area contributed by atoms with Crippen LogP contribution in [0.4, 0.5) is 0 Å². The summed E-state index contributed by atoms with van der Waals surface area (Å²) in [6.07, 6.45) is 6.09. The molecule has 1 aliphatic heterocycles. The Morgan fingerprint density at radius 1 is 1.43 bits per heavy atom. The predicted octanol–water partition coefficient (Wildman–Crippen LogP) is 0.927. The number of rotatable bonds is 6. The summed E-state index contributed by atoms with van der Waals surface area (Å²) in [4.78, 5) is 11.7. The number of nitrogens with zero attached hydrogens (tertiary/aromatic N) is 2. The molecule has 2 heterocycles. The molecule has 1 saturated heterocycles. The Kier molecular flexibility index (Phi) is 5.97. The van der Waals surface area contributed by atoms with E-state index in [0.717, 1.165) is 12.8 Å². The zero-order chi connectivity index (χ0) is 16.9. The Balaban J connectivity index is 1.73. The molecule has 1 N–H and O–H groups in total. The van der Waals surface area contributed by atoms with Gasteiger partial charge in [0, 0.05) is 39.8 Å². The zero-order valence-electron chi connectivity index (χ0n) is 13.4. The number of piperidine rings is 1. The molecule has 23 heavy (non-hydrogen) atoms. The number of carbonyl (C=O) groups is 1. The standard InChI is InChI=1S/C15H23N3O4S/c1-17(2)23(20,21)18-9-7-13(8-10-18)12-16-15(19)6-5-14-4-3-11-22-14/h3-6,11,13H,7-10,12H2,1-2H3,(H,16,19)/b6-5+. The van der Waals surface area contributed by atoms with Crippen LogP contribution in [0.15, 0.2) is 28.9 Å². The second-order valence-corrected chi connectivity index (χ2v) is 7.87. The number of hydrogen-bond acceptors (Lipinski definition) is 4. The maximum atomic E-state index is 12.0. The van der Waals surface area contributed by atoms with Crippen LogP contribution in [0, 0.1) is 5.92 Å². The number of carbonyl (C=O) groups excluding carboxylic acids is 1. The lowest BCUT2D eigenvalue weighted by Gasteiger charge is -2.32. The van der Waals surface area contributed by atoms with Crippen molar-refractivity contribution in [2.24, 2.45) is 5.92 Å². The maximum absolute atomic E-state index is 12.0.